The van der Waals surface area contributed by atoms with Gasteiger partial charge in [-0.05, 0) is 56.9 Å². The first-order chi connectivity index (χ1) is 14.1. The highest BCUT2D eigenvalue weighted by Crippen LogP contribution is 2.17. The van der Waals surface area contributed by atoms with Crippen molar-refractivity contribution >= 4 is 6.09 Å². The summed E-state index contributed by atoms with van der Waals surface area (Å²) in [6.07, 6.45) is 0.319. The van der Waals surface area contributed by atoms with Gasteiger partial charge in [0.05, 0.1) is 0 Å². The van der Waals surface area contributed by atoms with Crippen LogP contribution in [0.5, 0.6) is 5.75 Å². The third kappa shape index (κ3) is 9.24. The number of phenolic OH excluding ortho intramolecular Hbond substituents is 1. The van der Waals surface area contributed by atoms with Crippen molar-refractivity contribution in [2.24, 2.45) is 5.73 Å². The number of carbonyl (C=O) groups excluding carboxylic acids is 1. The van der Waals surface area contributed by atoms with Gasteiger partial charge in [0.15, 0.2) is 0 Å². The van der Waals surface area contributed by atoms with E-state index in [1.807, 2.05) is 30.3 Å². The van der Waals surface area contributed by atoms with Crippen LogP contribution in [0.4, 0.5) is 9.18 Å². The van der Waals surface area contributed by atoms with Crippen LogP contribution in [0.3, 0.4) is 0 Å². The van der Waals surface area contributed by atoms with E-state index in [1.165, 1.54) is 12.1 Å². The predicted octanol–water partition coefficient (Wildman–Crippen LogP) is 3.47. The molecule has 0 unspecified atom stereocenters. The summed E-state index contributed by atoms with van der Waals surface area (Å²) in [6.45, 7) is 6.56. The molecule has 0 aromatic heterocycles. The second kappa shape index (κ2) is 10.9. The number of hydrogen-bond acceptors (Lipinski definition) is 5. The molecule has 5 N–H and O–H groups in total. The topological polar surface area (TPSA) is 96.6 Å². The summed E-state index contributed by atoms with van der Waals surface area (Å²) in [5.41, 5.74) is 7.40. The molecular formula is C23H32FN3O3. The zero-order chi connectivity index (χ0) is 22.1. The molecule has 0 spiro atoms. The Labute approximate surface area is 177 Å². The van der Waals surface area contributed by atoms with Crippen LogP contribution in [0.2, 0.25) is 0 Å². The van der Waals surface area contributed by atoms with Gasteiger partial charge in [0.25, 0.3) is 0 Å². The molecule has 0 fully saturated rings. The number of ether oxygens (including phenoxy) is 1. The summed E-state index contributed by atoms with van der Waals surface area (Å²) in [6, 6.07) is 13.2. The Hall–Kier alpha value is -2.64. The van der Waals surface area contributed by atoms with E-state index in [0.29, 0.717) is 31.5 Å². The minimum absolute atomic E-state index is 0.134. The molecule has 0 saturated heterocycles. The number of aromatic hydroxyl groups is 1. The normalized spacial score (nSPS) is 13.5. The maximum absolute atomic E-state index is 13.5. The van der Waals surface area contributed by atoms with E-state index in [4.69, 9.17) is 10.5 Å². The fourth-order valence-corrected chi connectivity index (χ4v) is 3.16. The number of halogens is 1. The van der Waals surface area contributed by atoms with E-state index in [0.717, 1.165) is 11.6 Å². The van der Waals surface area contributed by atoms with E-state index in [9.17, 15) is 14.3 Å². The fraction of sp³-hybridized carbons (Fsp3) is 0.435. The van der Waals surface area contributed by atoms with Gasteiger partial charge in [0.2, 0.25) is 0 Å². The Morgan fingerprint density at radius 1 is 1.17 bits per heavy atom. The molecule has 0 aliphatic heterocycles. The van der Waals surface area contributed by atoms with Gasteiger partial charge in [-0.2, -0.15) is 0 Å². The van der Waals surface area contributed by atoms with Crippen molar-refractivity contribution in [3.63, 3.8) is 0 Å². The average Bonchev–Trinajstić information content (AvgIpc) is 2.59. The van der Waals surface area contributed by atoms with Crippen molar-refractivity contribution in [2.45, 2.75) is 57.8 Å². The van der Waals surface area contributed by atoms with E-state index < -0.39 is 17.5 Å². The van der Waals surface area contributed by atoms with Crippen LogP contribution in [0.1, 0.15) is 38.3 Å². The maximum atomic E-state index is 13.5. The molecule has 2 aromatic rings. The summed E-state index contributed by atoms with van der Waals surface area (Å²) in [4.78, 5) is 12.2. The molecule has 0 aliphatic rings. The Morgan fingerprint density at radius 3 is 2.50 bits per heavy atom. The van der Waals surface area contributed by atoms with Crippen molar-refractivity contribution < 1.29 is 19.0 Å². The summed E-state index contributed by atoms with van der Waals surface area (Å²) in [5.74, 6) is -0.643. The third-order valence-electron chi connectivity index (χ3n) is 4.31. The molecule has 0 saturated carbocycles. The quantitative estimate of drug-likeness (QED) is 0.501. The number of nitrogens with two attached hydrogens (primary N) is 1. The van der Waals surface area contributed by atoms with E-state index >= 15 is 0 Å². The fourth-order valence-electron chi connectivity index (χ4n) is 3.16. The molecule has 6 nitrogen and oxygen atoms in total. The van der Waals surface area contributed by atoms with Crippen molar-refractivity contribution in [3.8, 4) is 5.75 Å². The maximum Gasteiger partial charge on any atom is 0.407 e. The standard InChI is InChI=1S/C23H32FN3O3/c1-23(2,3)30-22(29)27-20(15-26-14-16-7-5-4-6-8-16)13-19(25)10-17-9-18(24)12-21(28)11-17/h4-9,11-12,19-20,26,28H,10,13-15,25H2,1-3H3,(H,27,29)/t19-,20-/m0/s1. The van der Waals surface area contributed by atoms with Crippen LogP contribution in [-0.4, -0.2) is 35.4 Å². The number of nitrogens with one attached hydrogen (secondary N) is 2. The zero-order valence-electron chi connectivity index (χ0n) is 17.8. The SMILES string of the molecule is CC(C)(C)OC(=O)N[C@H](CNCc1ccccc1)C[C@@H](N)Cc1cc(O)cc(F)c1. The van der Waals surface area contributed by atoms with Gasteiger partial charge in [-0.25, -0.2) is 9.18 Å². The van der Waals surface area contributed by atoms with Crippen LogP contribution in [0.25, 0.3) is 0 Å². The van der Waals surface area contributed by atoms with Crippen molar-refractivity contribution in [1.82, 2.24) is 10.6 Å². The van der Waals surface area contributed by atoms with Gasteiger partial charge in [-0.1, -0.05) is 30.3 Å². The summed E-state index contributed by atoms with van der Waals surface area (Å²) in [5, 5.41) is 15.8. The predicted molar refractivity (Wildman–Crippen MR) is 116 cm³/mol. The second-order valence-corrected chi connectivity index (χ2v) is 8.48. The number of hydrogen-bond donors (Lipinski definition) is 4. The van der Waals surface area contributed by atoms with Gasteiger partial charge in [-0.15, -0.1) is 0 Å². The van der Waals surface area contributed by atoms with Crippen molar-refractivity contribution in [1.29, 1.82) is 0 Å². The third-order valence-corrected chi connectivity index (χ3v) is 4.31. The average molecular weight is 418 g/mol. The molecule has 1 amide bonds. The van der Waals surface area contributed by atoms with Crippen LogP contribution >= 0.6 is 0 Å². The summed E-state index contributed by atoms with van der Waals surface area (Å²) >= 11 is 0. The van der Waals surface area contributed by atoms with Gasteiger partial charge in [0, 0.05) is 31.2 Å². The number of phenols is 1. The molecule has 7 heteroatoms. The van der Waals surface area contributed by atoms with Gasteiger partial charge in [0.1, 0.15) is 17.2 Å². The van der Waals surface area contributed by atoms with Crippen LogP contribution < -0.4 is 16.4 Å². The van der Waals surface area contributed by atoms with Crippen molar-refractivity contribution in [3.05, 3.63) is 65.5 Å². The highest BCUT2D eigenvalue weighted by Gasteiger charge is 2.21. The molecule has 2 aromatic carbocycles. The van der Waals surface area contributed by atoms with E-state index in [-0.39, 0.29) is 17.8 Å². The lowest BCUT2D eigenvalue weighted by Gasteiger charge is -2.26. The number of amides is 1. The number of alkyl carbamates (subject to hydrolysis) is 1. The van der Waals surface area contributed by atoms with Gasteiger partial charge in [-0.3, -0.25) is 0 Å². The Kier molecular flexibility index (Phi) is 8.62. The van der Waals surface area contributed by atoms with Crippen LogP contribution in [0.15, 0.2) is 48.5 Å². The molecule has 2 atom stereocenters. The second-order valence-electron chi connectivity index (χ2n) is 8.48. The number of carbonyl (C=O) groups is 1. The summed E-state index contributed by atoms with van der Waals surface area (Å²) < 4.78 is 18.9. The molecule has 164 valence electrons. The lowest BCUT2D eigenvalue weighted by molar-refractivity contribution is 0.0500. The lowest BCUT2D eigenvalue weighted by atomic mass is 9.99. The van der Waals surface area contributed by atoms with Gasteiger partial charge >= 0.3 is 6.09 Å². The smallest absolute Gasteiger partial charge is 0.407 e. The molecular weight excluding hydrogens is 385 g/mol. The molecule has 0 aliphatic carbocycles. The highest BCUT2D eigenvalue weighted by atomic mass is 19.1. The number of rotatable bonds is 9. The monoisotopic (exact) mass is 417 g/mol. The first kappa shape index (κ1) is 23.6. The van der Waals surface area contributed by atoms with E-state index in [1.54, 1.807) is 20.8 Å². The highest BCUT2D eigenvalue weighted by molar-refractivity contribution is 5.68. The summed E-state index contributed by atoms with van der Waals surface area (Å²) in [7, 11) is 0. The first-order valence-corrected chi connectivity index (χ1v) is 10.1. The molecule has 0 heterocycles. The first-order valence-electron chi connectivity index (χ1n) is 10.1. The Morgan fingerprint density at radius 2 is 1.87 bits per heavy atom. The van der Waals surface area contributed by atoms with Crippen LogP contribution in [0, 0.1) is 5.82 Å². The van der Waals surface area contributed by atoms with Crippen LogP contribution in [-0.2, 0) is 17.7 Å². The minimum atomic E-state index is -0.604. The zero-order valence-corrected chi connectivity index (χ0v) is 17.8. The molecule has 0 bridgehead atoms. The Balaban J connectivity index is 1.96. The van der Waals surface area contributed by atoms with Crippen molar-refractivity contribution in [2.75, 3.05) is 6.54 Å². The number of benzene rings is 2. The minimum Gasteiger partial charge on any atom is -0.508 e. The van der Waals surface area contributed by atoms with Gasteiger partial charge < -0.3 is 26.2 Å². The van der Waals surface area contributed by atoms with E-state index in [2.05, 4.69) is 10.6 Å². The Bertz CT molecular complexity index is 789. The largest absolute Gasteiger partial charge is 0.508 e. The lowest BCUT2D eigenvalue weighted by Crippen LogP contribution is -2.47. The molecule has 2 rings (SSSR count). The molecule has 30 heavy (non-hydrogen) atoms. The molecule has 0 radical (unpaired) electrons.